The molecule has 0 radical (unpaired) electrons. The molecule has 1 unspecified atom stereocenters. The molecule has 0 fully saturated rings. The van der Waals surface area contributed by atoms with E-state index in [-0.39, 0.29) is 12.1 Å². The van der Waals surface area contributed by atoms with Crippen molar-refractivity contribution in [1.29, 1.82) is 0 Å². The van der Waals surface area contributed by atoms with Crippen LogP contribution in [0.1, 0.15) is 29.3 Å². The van der Waals surface area contributed by atoms with Crippen LogP contribution in [0.25, 0.3) is 11.1 Å². The number of rotatable bonds is 4. The van der Waals surface area contributed by atoms with Crippen molar-refractivity contribution in [3.63, 3.8) is 0 Å². The highest BCUT2D eigenvalue weighted by Crippen LogP contribution is 2.35. The molecule has 2 amide bonds. The van der Waals surface area contributed by atoms with Gasteiger partial charge in [0.15, 0.2) is 11.5 Å². The molecule has 172 valence electrons. The van der Waals surface area contributed by atoms with Gasteiger partial charge in [-0.15, -0.1) is 0 Å². The van der Waals surface area contributed by atoms with Gasteiger partial charge in [-0.1, -0.05) is 5.16 Å². The second-order valence-electron chi connectivity index (χ2n) is 7.77. The molecule has 8 nitrogen and oxygen atoms in total. The first-order chi connectivity index (χ1) is 15.9. The first-order valence-electron chi connectivity index (χ1n) is 10.4. The lowest BCUT2D eigenvalue weighted by Gasteiger charge is -2.22. The molecule has 1 aliphatic rings. The van der Waals surface area contributed by atoms with Crippen molar-refractivity contribution < 1.29 is 23.2 Å². The molecule has 4 rings (SSSR count). The maximum atomic E-state index is 14.8. The van der Waals surface area contributed by atoms with E-state index in [9.17, 15) is 9.18 Å². The molecular weight excluding hydrogens is 427 g/mol. The van der Waals surface area contributed by atoms with Crippen LogP contribution < -0.4 is 14.8 Å². The molecule has 1 aliphatic heterocycles. The van der Waals surface area contributed by atoms with Crippen molar-refractivity contribution >= 4 is 11.7 Å². The number of aryl methyl sites for hydroxylation is 1. The van der Waals surface area contributed by atoms with E-state index in [2.05, 4.69) is 10.5 Å². The predicted octanol–water partition coefficient (Wildman–Crippen LogP) is 4.14. The smallest absolute Gasteiger partial charge is 0.337 e. The highest BCUT2D eigenvalue weighted by molar-refractivity contribution is 6.15. The first kappa shape index (κ1) is 22.3. The van der Waals surface area contributed by atoms with Gasteiger partial charge < -0.3 is 19.3 Å². The second-order valence-corrected chi connectivity index (χ2v) is 7.77. The number of nitrogens with zero attached hydrogens (tertiary/aromatic N) is 3. The molecule has 0 aliphatic carbocycles. The van der Waals surface area contributed by atoms with E-state index in [1.165, 1.54) is 17.3 Å². The number of aromatic nitrogens is 1. The van der Waals surface area contributed by atoms with E-state index in [0.29, 0.717) is 46.0 Å². The molecule has 2 heterocycles. The SMILES string of the molecule is CNC(=O)N1N=C(c2ccc(F)c(-c3conc3C)c2)c2cc(OC)c(OC)cc2CC1C. The average molecular weight is 452 g/mol. The number of nitrogens with one attached hydrogen (secondary N) is 1. The molecule has 0 bridgehead atoms. The van der Waals surface area contributed by atoms with Crippen molar-refractivity contribution in [2.24, 2.45) is 5.10 Å². The largest absolute Gasteiger partial charge is 0.493 e. The van der Waals surface area contributed by atoms with Crippen LogP contribution in [0.15, 0.2) is 46.2 Å². The van der Waals surface area contributed by atoms with Gasteiger partial charge in [0.1, 0.15) is 12.1 Å². The van der Waals surface area contributed by atoms with Gasteiger partial charge in [0, 0.05) is 29.3 Å². The molecule has 33 heavy (non-hydrogen) atoms. The number of hydrazone groups is 1. The minimum absolute atomic E-state index is 0.237. The Hall–Kier alpha value is -3.88. The highest BCUT2D eigenvalue weighted by Gasteiger charge is 2.29. The van der Waals surface area contributed by atoms with E-state index < -0.39 is 5.82 Å². The zero-order valence-electron chi connectivity index (χ0n) is 19.1. The number of hydrogen-bond acceptors (Lipinski definition) is 6. The average Bonchev–Trinajstić information content (AvgIpc) is 3.18. The fourth-order valence-corrected chi connectivity index (χ4v) is 3.98. The summed E-state index contributed by atoms with van der Waals surface area (Å²) in [6, 6.07) is 7.84. The van der Waals surface area contributed by atoms with Crippen LogP contribution >= 0.6 is 0 Å². The van der Waals surface area contributed by atoms with Gasteiger partial charge in [-0.3, -0.25) is 0 Å². The van der Waals surface area contributed by atoms with Crippen molar-refractivity contribution in [2.45, 2.75) is 26.3 Å². The van der Waals surface area contributed by atoms with Gasteiger partial charge in [-0.05, 0) is 56.2 Å². The topological polar surface area (TPSA) is 89.2 Å². The van der Waals surface area contributed by atoms with E-state index >= 15 is 0 Å². The summed E-state index contributed by atoms with van der Waals surface area (Å²) in [5.74, 6) is 0.696. The Morgan fingerprint density at radius 2 is 1.88 bits per heavy atom. The lowest BCUT2D eigenvalue weighted by atomic mass is 9.92. The minimum Gasteiger partial charge on any atom is -0.493 e. The zero-order valence-corrected chi connectivity index (χ0v) is 19.1. The summed E-state index contributed by atoms with van der Waals surface area (Å²) in [6.45, 7) is 3.66. The second kappa shape index (κ2) is 8.93. The standard InChI is InChI=1S/C24H25FN4O4/c1-13-8-16-10-21(31-4)22(32-5)11-17(16)23(27-29(13)24(30)26-3)15-6-7-20(25)18(9-15)19-12-33-28-14(19)2/h6-7,9-13H,8H2,1-5H3,(H,26,30). The number of benzene rings is 2. The fourth-order valence-electron chi connectivity index (χ4n) is 3.98. The molecule has 0 saturated heterocycles. The van der Waals surface area contributed by atoms with Crippen molar-refractivity contribution in [2.75, 3.05) is 21.3 Å². The number of fused-ring (bicyclic) bond motifs is 1. The molecular formula is C24H25FN4O4. The van der Waals surface area contributed by atoms with Crippen molar-refractivity contribution in [3.05, 3.63) is 64.8 Å². The van der Waals surface area contributed by atoms with Crippen LogP contribution in [0.3, 0.4) is 0 Å². The molecule has 0 spiro atoms. The first-order valence-corrected chi connectivity index (χ1v) is 10.4. The van der Waals surface area contributed by atoms with Crippen LogP contribution in [-0.4, -0.2) is 49.2 Å². The van der Waals surface area contributed by atoms with Crippen LogP contribution in [0.4, 0.5) is 9.18 Å². The summed E-state index contributed by atoms with van der Waals surface area (Å²) in [6.07, 6.45) is 1.95. The third kappa shape index (κ3) is 4.02. The highest BCUT2D eigenvalue weighted by atomic mass is 19.1. The van der Waals surface area contributed by atoms with Crippen molar-refractivity contribution in [3.8, 4) is 22.6 Å². The quantitative estimate of drug-likeness (QED) is 0.643. The van der Waals surface area contributed by atoms with Crippen LogP contribution in [0.2, 0.25) is 0 Å². The number of methoxy groups -OCH3 is 2. The number of urea groups is 1. The Kier molecular flexibility index (Phi) is 6.04. The molecule has 1 aromatic heterocycles. The molecule has 1 atom stereocenters. The van der Waals surface area contributed by atoms with Gasteiger partial charge in [0.25, 0.3) is 0 Å². The Labute approximate surface area is 191 Å². The maximum Gasteiger partial charge on any atom is 0.337 e. The fraction of sp³-hybridized carbons (Fsp3) is 0.292. The number of ether oxygens (including phenoxy) is 2. The summed E-state index contributed by atoms with van der Waals surface area (Å²) in [7, 11) is 4.69. The lowest BCUT2D eigenvalue weighted by molar-refractivity contribution is 0.184. The van der Waals surface area contributed by atoms with Crippen LogP contribution in [0.5, 0.6) is 11.5 Å². The Bertz CT molecular complexity index is 1240. The number of carbonyl (C=O) groups is 1. The van der Waals surface area contributed by atoms with Crippen LogP contribution in [-0.2, 0) is 6.42 Å². The van der Waals surface area contributed by atoms with Crippen LogP contribution in [0, 0.1) is 12.7 Å². The Morgan fingerprint density at radius 1 is 1.15 bits per heavy atom. The number of hydrogen-bond donors (Lipinski definition) is 1. The molecule has 1 N–H and O–H groups in total. The minimum atomic E-state index is -0.414. The summed E-state index contributed by atoms with van der Waals surface area (Å²) in [4.78, 5) is 12.6. The Balaban J connectivity index is 1.96. The van der Waals surface area contributed by atoms with E-state index in [4.69, 9.17) is 19.1 Å². The van der Waals surface area contributed by atoms with Gasteiger partial charge in [0.05, 0.1) is 31.7 Å². The Morgan fingerprint density at radius 3 is 2.52 bits per heavy atom. The maximum absolute atomic E-state index is 14.8. The van der Waals surface area contributed by atoms with E-state index in [0.717, 1.165) is 11.1 Å². The van der Waals surface area contributed by atoms with Gasteiger partial charge in [0.2, 0.25) is 0 Å². The molecule has 9 heteroatoms. The summed E-state index contributed by atoms with van der Waals surface area (Å²) in [5.41, 5.74) is 4.29. The van der Waals surface area contributed by atoms with Crippen molar-refractivity contribution in [1.82, 2.24) is 15.5 Å². The molecule has 0 saturated carbocycles. The normalized spacial score (nSPS) is 15.4. The van der Waals surface area contributed by atoms with E-state index in [1.54, 1.807) is 40.3 Å². The summed E-state index contributed by atoms with van der Waals surface area (Å²) < 4.78 is 30.8. The van der Waals surface area contributed by atoms with Gasteiger partial charge >= 0.3 is 6.03 Å². The third-order valence-corrected chi connectivity index (χ3v) is 5.71. The van der Waals surface area contributed by atoms with Gasteiger partial charge in [-0.2, -0.15) is 5.10 Å². The zero-order chi connectivity index (χ0) is 23.7. The number of carbonyl (C=O) groups excluding carboxylic acids is 1. The predicted molar refractivity (Wildman–Crippen MR) is 121 cm³/mol. The number of halogens is 1. The monoisotopic (exact) mass is 452 g/mol. The molecule has 3 aromatic rings. The lowest BCUT2D eigenvalue weighted by Crippen LogP contribution is -2.41. The van der Waals surface area contributed by atoms with Gasteiger partial charge in [-0.25, -0.2) is 14.2 Å². The number of amides is 2. The van der Waals surface area contributed by atoms with E-state index in [1.807, 2.05) is 19.1 Å². The third-order valence-electron chi connectivity index (χ3n) is 5.71. The summed E-state index contributed by atoms with van der Waals surface area (Å²) in [5, 5.41) is 12.6. The molecule has 2 aromatic carbocycles. The summed E-state index contributed by atoms with van der Waals surface area (Å²) >= 11 is 0.